The van der Waals surface area contributed by atoms with Gasteiger partial charge in [-0.05, 0) is 25.0 Å². The smallest absolute Gasteiger partial charge is 0.205 e. The lowest BCUT2D eigenvalue weighted by molar-refractivity contribution is 0.601. The van der Waals surface area contributed by atoms with E-state index < -0.39 is 0 Å². The van der Waals surface area contributed by atoms with Gasteiger partial charge in [-0.1, -0.05) is 29.5 Å². The van der Waals surface area contributed by atoms with E-state index >= 15 is 0 Å². The van der Waals surface area contributed by atoms with Crippen molar-refractivity contribution in [2.24, 2.45) is 0 Å². The first-order valence-corrected chi connectivity index (χ1v) is 5.90. The van der Waals surface area contributed by atoms with Gasteiger partial charge in [-0.2, -0.15) is 0 Å². The summed E-state index contributed by atoms with van der Waals surface area (Å²) < 4.78 is 13.4. The summed E-state index contributed by atoms with van der Waals surface area (Å²) >= 11 is 1.44. The van der Waals surface area contributed by atoms with Crippen molar-refractivity contribution in [2.75, 3.05) is 5.32 Å². The Morgan fingerprint density at radius 3 is 2.94 bits per heavy atom. The zero-order valence-electron chi connectivity index (χ0n) is 8.85. The highest BCUT2D eigenvalue weighted by molar-refractivity contribution is 7.13. The Morgan fingerprint density at radius 1 is 1.44 bits per heavy atom. The van der Waals surface area contributed by atoms with Gasteiger partial charge in [0.25, 0.3) is 0 Å². The molecule has 0 aliphatic carbocycles. The second-order valence-electron chi connectivity index (χ2n) is 3.58. The normalized spacial score (nSPS) is 12.4. The number of aromatic nitrogens is 2. The van der Waals surface area contributed by atoms with Crippen LogP contribution in [0.3, 0.4) is 0 Å². The molecule has 0 saturated carbocycles. The van der Waals surface area contributed by atoms with Crippen molar-refractivity contribution in [1.82, 2.24) is 10.2 Å². The molecular formula is C11H12FN3S. The first kappa shape index (κ1) is 11.0. The maximum atomic E-state index is 13.4. The van der Waals surface area contributed by atoms with Gasteiger partial charge in [0.2, 0.25) is 5.13 Å². The predicted molar refractivity (Wildman–Crippen MR) is 63.1 cm³/mol. The fourth-order valence-electron chi connectivity index (χ4n) is 1.49. The van der Waals surface area contributed by atoms with E-state index in [1.165, 1.54) is 17.4 Å². The molecule has 1 N–H and O–H groups in total. The topological polar surface area (TPSA) is 37.8 Å². The third-order valence-electron chi connectivity index (χ3n) is 2.21. The van der Waals surface area contributed by atoms with Crippen LogP contribution >= 0.6 is 11.3 Å². The summed E-state index contributed by atoms with van der Waals surface area (Å²) in [4.78, 5) is 0. The van der Waals surface area contributed by atoms with E-state index in [2.05, 4.69) is 15.5 Å². The molecule has 0 fully saturated rings. The molecule has 1 atom stereocenters. The van der Waals surface area contributed by atoms with Crippen LogP contribution in [-0.4, -0.2) is 16.2 Å². The summed E-state index contributed by atoms with van der Waals surface area (Å²) in [5, 5.41) is 11.6. The maximum absolute atomic E-state index is 13.4. The number of hydrogen-bond acceptors (Lipinski definition) is 4. The first-order valence-electron chi connectivity index (χ1n) is 5.02. The lowest BCUT2D eigenvalue weighted by Gasteiger charge is -2.12. The van der Waals surface area contributed by atoms with Gasteiger partial charge in [0.05, 0.1) is 0 Å². The minimum absolute atomic E-state index is 0.129. The van der Waals surface area contributed by atoms with Crippen molar-refractivity contribution in [3.8, 4) is 0 Å². The fourth-order valence-corrected chi connectivity index (χ4v) is 2.05. The lowest BCUT2D eigenvalue weighted by Crippen LogP contribution is -2.18. The largest absolute Gasteiger partial charge is 0.357 e. The molecular weight excluding hydrogens is 225 g/mol. The third kappa shape index (κ3) is 2.76. The number of hydrogen-bond donors (Lipinski definition) is 1. The summed E-state index contributed by atoms with van der Waals surface area (Å²) in [6.45, 7) is 1.99. The predicted octanol–water partition coefficient (Wildman–Crippen LogP) is 2.72. The van der Waals surface area contributed by atoms with Crippen LogP contribution < -0.4 is 5.32 Å². The van der Waals surface area contributed by atoms with Crippen molar-refractivity contribution in [1.29, 1.82) is 0 Å². The minimum Gasteiger partial charge on any atom is -0.357 e. The molecule has 0 bridgehead atoms. The molecule has 84 valence electrons. The third-order valence-corrected chi connectivity index (χ3v) is 2.84. The molecule has 1 aromatic heterocycles. The molecule has 5 heteroatoms. The van der Waals surface area contributed by atoms with Crippen LogP contribution in [0.25, 0.3) is 0 Å². The average molecular weight is 237 g/mol. The fraction of sp³-hybridized carbons (Fsp3) is 0.273. The van der Waals surface area contributed by atoms with Gasteiger partial charge < -0.3 is 5.32 Å². The van der Waals surface area contributed by atoms with Gasteiger partial charge in [-0.3, -0.25) is 0 Å². The summed E-state index contributed by atoms with van der Waals surface area (Å²) in [5.74, 6) is -0.159. The van der Waals surface area contributed by atoms with Crippen LogP contribution in [0.1, 0.15) is 12.5 Å². The first-order chi connectivity index (χ1) is 7.75. The second-order valence-corrected chi connectivity index (χ2v) is 4.42. The van der Waals surface area contributed by atoms with Crippen molar-refractivity contribution in [2.45, 2.75) is 19.4 Å². The summed E-state index contributed by atoms with van der Waals surface area (Å²) in [6, 6.07) is 6.95. The molecule has 2 aromatic rings. The van der Waals surface area contributed by atoms with Crippen molar-refractivity contribution >= 4 is 16.5 Å². The molecule has 2 rings (SSSR count). The van der Waals surface area contributed by atoms with Crippen molar-refractivity contribution in [3.05, 3.63) is 41.2 Å². The highest BCUT2D eigenvalue weighted by Crippen LogP contribution is 2.14. The molecule has 0 aliphatic heterocycles. The Morgan fingerprint density at radius 2 is 2.25 bits per heavy atom. The van der Waals surface area contributed by atoms with Gasteiger partial charge in [-0.15, -0.1) is 10.2 Å². The van der Waals surface area contributed by atoms with Gasteiger partial charge in [-0.25, -0.2) is 4.39 Å². The Labute approximate surface area is 97.3 Å². The molecule has 0 amide bonds. The molecule has 0 saturated heterocycles. The Hall–Kier alpha value is -1.49. The van der Waals surface area contributed by atoms with Crippen LogP contribution in [0, 0.1) is 5.82 Å². The zero-order valence-corrected chi connectivity index (χ0v) is 9.67. The molecule has 1 unspecified atom stereocenters. The molecule has 1 heterocycles. The molecule has 0 spiro atoms. The van der Waals surface area contributed by atoms with Crippen LogP contribution in [0.2, 0.25) is 0 Å². The van der Waals surface area contributed by atoms with E-state index in [0.717, 1.165) is 5.13 Å². The number of nitrogens with zero attached hydrogens (tertiary/aromatic N) is 2. The molecule has 1 aromatic carbocycles. The molecule has 3 nitrogen and oxygen atoms in total. The number of benzene rings is 1. The van der Waals surface area contributed by atoms with E-state index in [1.807, 2.05) is 13.0 Å². The Kier molecular flexibility index (Phi) is 3.46. The number of anilines is 1. The number of nitrogens with one attached hydrogen (secondary N) is 1. The van der Waals surface area contributed by atoms with Crippen molar-refractivity contribution in [3.63, 3.8) is 0 Å². The lowest BCUT2D eigenvalue weighted by atomic mass is 10.1. The minimum atomic E-state index is -0.159. The van der Waals surface area contributed by atoms with Gasteiger partial charge >= 0.3 is 0 Å². The van der Waals surface area contributed by atoms with E-state index in [9.17, 15) is 4.39 Å². The molecule has 16 heavy (non-hydrogen) atoms. The van der Waals surface area contributed by atoms with E-state index in [0.29, 0.717) is 12.0 Å². The van der Waals surface area contributed by atoms with Crippen LogP contribution in [0.5, 0.6) is 0 Å². The Balaban J connectivity index is 1.97. The maximum Gasteiger partial charge on any atom is 0.205 e. The van der Waals surface area contributed by atoms with E-state index in [-0.39, 0.29) is 11.9 Å². The highest BCUT2D eigenvalue weighted by Gasteiger charge is 2.08. The van der Waals surface area contributed by atoms with Gasteiger partial charge in [0.1, 0.15) is 11.3 Å². The van der Waals surface area contributed by atoms with Crippen LogP contribution in [-0.2, 0) is 6.42 Å². The van der Waals surface area contributed by atoms with Crippen LogP contribution in [0.15, 0.2) is 29.8 Å². The Bertz CT molecular complexity index is 444. The molecule has 0 radical (unpaired) electrons. The van der Waals surface area contributed by atoms with Crippen molar-refractivity contribution < 1.29 is 4.39 Å². The number of halogens is 1. The summed E-state index contributed by atoms with van der Waals surface area (Å²) in [7, 11) is 0. The second kappa shape index (κ2) is 5.03. The van der Waals surface area contributed by atoms with Gasteiger partial charge in [0.15, 0.2) is 0 Å². The summed E-state index contributed by atoms with van der Waals surface area (Å²) in [6.07, 6.45) is 0.631. The summed E-state index contributed by atoms with van der Waals surface area (Å²) in [5.41, 5.74) is 2.38. The SMILES string of the molecule is CC(Cc1ccccc1F)Nc1nncs1. The van der Waals surface area contributed by atoms with Gasteiger partial charge in [0, 0.05) is 6.04 Å². The quantitative estimate of drug-likeness (QED) is 0.888. The monoisotopic (exact) mass is 237 g/mol. The number of rotatable bonds is 4. The standard InChI is InChI=1S/C11H12FN3S/c1-8(14-11-15-13-7-16-11)6-9-4-2-3-5-10(9)12/h2-5,7-8H,6H2,1H3,(H,14,15). The zero-order chi connectivity index (χ0) is 11.4. The molecule has 0 aliphatic rings. The highest BCUT2D eigenvalue weighted by atomic mass is 32.1. The van der Waals surface area contributed by atoms with E-state index in [1.54, 1.807) is 17.6 Å². The van der Waals surface area contributed by atoms with Crippen LogP contribution in [0.4, 0.5) is 9.52 Å². The average Bonchev–Trinajstić information content (AvgIpc) is 2.74. The van der Waals surface area contributed by atoms with E-state index in [4.69, 9.17) is 0 Å².